The number of oxazole rings is 1. The Hall–Kier alpha value is -3.48. The number of nitro benzene ring substituents is 1. The summed E-state index contributed by atoms with van der Waals surface area (Å²) in [6.45, 7) is 0.0784. The third kappa shape index (κ3) is 3.30. The van der Waals surface area contributed by atoms with Gasteiger partial charge in [0, 0.05) is 17.7 Å². The summed E-state index contributed by atoms with van der Waals surface area (Å²) >= 11 is 0. The molecule has 3 rings (SSSR count). The van der Waals surface area contributed by atoms with Crippen molar-refractivity contribution in [1.29, 1.82) is 0 Å². The number of aldehydes is 1. The van der Waals surface area contributed by atoms with Gasteiger partial charge in [-0.25, -0.2) is 4.98 Å². The molecule has 24 heavy (non-hydrogen) atoms. The van der Waals surface area contributed by atoms with E-state index in [1.807, 2.05) is 30.3 Å². The quantitative estimate of drug-likeness (QED) is 0.390. The Bertz CT molecular complexity index is 874. The highest BCUT2D eigenvalue weighted by atomic mass is 16.6. The summed E-state index contributed by atoms with van der Waals surface area (Å²) < 4.78 is 10.9. The second kappa shape index (κ2) is 6.74. The van der Waals surface area contributed by atoms with Gasteiger partial charge in [0.1, 0.15) is 24.3 Å². The van der Waals surface area contributed by atoms with Crippen LogP contribution in [0, 0.1) is 10.1 Å². The van der Waals surface area contributed by atoms with E-state index in [0.717, 1.165) is 5.56 Å². The van der Waals surface area contributed by atoms with E-state index in [4.69, 9.17) is 9.15 Å². The number of nitro groups is 1. The molecule has 0 aliphatic carbocycles. The molecule has 0 saturated heterocycles. The fraction of sp³-hybridized carbons (Fsp3) is 0.0588. The zero-order chi connectivity index (χ0) is 16.9. The first kappa shape index (κ1) is 15.4. The fourth-order valence-corrected chi connectivity index (χ4v) is 2.11. The van der Waals surface area contributed by atoms with Crippen LogP contribution in [0.15, 0.2) is 59.2 Å². The van der Waals surface area contributed by atoms with Gasteiger partial charge in [-0.15, -0.1) is 0 Å². The highest BCUT2D eigenvalue weighted by Gasteiger charge is 2.12. The molecule has 7 nitrogen and oxygen atoms in total. The van der Waals surface area contributed by atoms with Crippen LogP contribution in [-0.2, 0) is 6.61 Å². The fourth-order valence-electron chi connectivity index (χ4n) is 2.11. The van der Waals surface area contributed by atoms with Crippen LogP contribution in [0.25, 0.3) is 11.5 Å². The lowest BCUT2D eigenvalue weighted by Gasteiger charge is -2.06. The molecule has 0 aliphatic rings. The van der Waals surface area contributed by atoms with Crippen molar-refractivity contribution in [2.45, 2.75) is 6.61 Å². The number of nitrogens with zero attached hydrogens (tertiary/aromatic N) is 2. The van der Waals surface area contributed by atoms with Crippen LogP contribution in [0.5, 0.6) is 5.75 Å². The zero-order valence-corrected chi connectivity index (χ0v) is 12.4. The molecule has 1 aromatic heterocycles. The van der Waals surface area contributed by atoms with Gasteiger partial charge in [0.25, 0.3) is 5.69 Å². The smallest absolute Gasteiger partial charge is 0.270 e. The van der Waals surface area contributed by atoms with E-state index in [2.05, 4.69) is 4.98 Å². The number of benzene rings is 2. The molecule has 7 heteroatoms. The number of carbonyl (C=O) groups is 1. The monoisotopic (exact) mass is 324 g/mol. The molecule has 0 atom stereocenters. The Balaban J connectivity index is 1.73. The lowest BCUT2D eigenvalue weighted by Crippen LogP contribution is -1.99. The van der Waals surface area contributed by atoms with Crippen LogP contribution in [0.3, 0.4) is 0 Å². The molecule has 1 heterocycles. The van der Waals surface area contributed by atoms with Gasteiger partial charge in [0.15, 0.2) is 6.29 Å². The minimum atomic E-state index is -0.569. The molecule has 0 unspecified atom stereocenters. The first-order chi connectivity index (χ1) is 11.7. The number of non-ortho nitro benzene ring substituents is 1. The zero-order valence-electron chi connectivity index (χ0n) is 12.4. The van der Waals surface area contributed by atoms with Crippen molar-refractivity contribution in [1.82, 2.24) is 4.98 Å². The molecule has 0 N–H and O–H groups in total. The summed E-state index contributed by atoms with van der Waals surface area (Å²) in [5.41, 5.74) is 1.32. The lowest BCUT2D eigenvalue weighted by atomic mass is 10.2. The third-order valence-corrected chi connectivity index (χ3v) is 3.28. The molecular weight excluding hydrogens is 312 g/mol. The summed E-state index contributed by atoms with van der Waals surface area (Å²) in [7, 11) is 0. The van der Waals surface area contributed by atoms with Gasteiger partial charge >= 0.3 is 0 Å². The normalized spacial score (nSPS) is 10.3. The maximum Gasteiger partial charge on any atom is 0.270 e. The van der Waals surface area contributed by atoms with Crippen molar-refractivity contribution in [2.75, 3.05) is 0 Å². The summed E-state index contributed by atoms with van der Waals surface area (Å²) in [6, 6.07) is 13.2. The van der Waals surface area contributed by atoms with Crippen LogP contribution in [0.1, 0.15) is 16.1 Å². The number of hydrogen-bond acceptors (Lipinski definition) is 6. The van der Waals surface area contributed by atoms with Crippen molar-refractivity contribution < 1.29 is 18.9 Å². The van der Waals surface area contributed by atoms with Crippen molar-refractivity contribution in [2.24, 2.45) is 0 Å². The number of aromatic nitrogens is 1. The van der Waals surface area contributed by atoms with Crippen molar-refractivity contribution >= 4 is 12.0 Å². The molecule has 0 amide bonds. The number of hydrogen-bond donors (Lipinski definition) is 0. The minimum absolute atomic E-state index is 0.0784. The summed E-state index contributed by atoms with van der Waals surface area (Å²) in [5, 5.41) is 10.7. The van der Waals surface area contributed by atoms with E-state index in [1.165, 1.54) is 24.5 Å². The maximum absolute atomic E-state index is 11.1. The molecule has 0 fully saturated rings. The molecule has 0 radical (unpaired) electrons. The molecule has 0 saturated carbocycles. The van der Waals surface area contributed by atoms with Crippen molar-refractivity contribution in [3.8, 4) is 17.2 Å². The molecule has 3 aromatic rings. The molecule has 0 bridgehead atoms. The van der Waals surface area contributed by atoms with Crippen LogP contribution in [0.2, 0.25) is 0 Å². The van der Waals surface area contributed by atoms with Crippen LogP contribution in [0.4, 0.5) is 5.69 Å². The maximum atomic E-state index is 11.1. The second-order valence-corrected chi connectivity index (χ2v) is 4.90. The van der Waals surface area contributed by atoms with E-state index >= 15 is 0 Å². The Labute approximate surface area is 136 Å². The Kier molecular flexibility index (Phi) is 4.33. The Morgan fingerprint density at radius 1 is 1.21 bits per heavy atom. The van der Waals surface area contributed by atoms with Gasteiger partial charge in [0.05, 0.1) is 10.5 Å². The highest BCUT2D eigenvalue weighted by Crippen LogP contribution is 2.24. The van der Waals surface area contributed by atoms with E-state index in [9.17, 15) is 14.9 Å². The minimum Gasteiger partial charge on any atom is -0.486 e. The highest BCUT2D eigenvalue weighted by molar-refractivity contribution is 5.80. The van der Waals surface area contributed by atoms with Gasteiger partial charge in [-0.1, -0.05) is 18.2 Å². The first-order valence-corrected chi connectivity index (χ1v) is 7.03. The topological polar surface area (TPSA) is 95.5 Å². The van der Waals surface area contributed by atoms with E-state index in [-0.39, 0.29) is 23.6 Å². The average Bonchev–Trinajstić information content (AvgIpc) is 3.09. The van der Waals surface area contributed by atoms with Crippen molar-refractivity contribution in [3.05, 3.63) is 76.2 Å². The number of ether oxygens (including phenoxy) is 1. The largest absolute Gasteiger partial charge is 0.486 e. The predicted octanol–water partition coefficient (Wildman–Crippen LogP) is 3.64. The molecule has 0 spiro atoms. The third-order valence-electron chi connectivity index (χ3n) is 3.28. The second-order valence-electron chi connectivity index (χ2n) is 4.90. The number of rotatable bonds is 6. The van der Waals surface area contributed by atoms with Crippen LogP contribution >= 0.6 is 0 Å². The Morgan fingerprint density at radius 3 is 2.71 bits per heavy atom. The van der Waals surface area contributed by atoms with Gasteiger partial charge in [-0.05, 0) is 18.2 Å². The Morgan fingerprint density at radius 2 is 2.00 bits per heavy atom. The van der Waals surface area contributed by atoms with E-state index in [0.29, 0.717) is 17.9 Å². The van der Waals surface area contributed by atoms with Gasteiger partial charge < -0.3 is 9.15 Å². The van der Waals surface area contributed by atoms with E-state index < -0.39 is 4.92 Å². The SMILES string of the molecule is O=Cc1cc([N+](=O)[O-])ccc1OCc1coc(-c2ccccc2)n1. The predicted molar refractivity (Wildman–Crippen MR) is 84.8 cm³/mol. The van der Waals surface area contributed by atoms with Crippen LogP contribution < -0.4 is 4.74 Å². The molecule has 2 aromatic carbocycles. The van der Waals surface area contributed by atoms with Gasteiger partial charge in [0.2, 0.25) is 5.89 Å². The molecule has 120 valence electrons. The molecule has 0 aliphatic heterocycles. The van der Waals surface area contributed by atoms with Gasteiger partial charge in [-0.3, -0.25) is 14.9 Å². The summed E-state index contributed by atoms with van der Waals surface area (Å²) in [4.78, 5) is 25.5. The first-order valence-electron chi connectivity index (χ1n) is 7.03. The molecular formula is C17H12N2O5. The summed E-state index contributed by atoms with van der Waals surface area (Å²) in [5.74, 6) is 0.716. The van der Waals surface area contributed by atoms with Crippen molar-refractivity contribution in [3.63, 3.8) is 0 Å². The van der Waals surface area contributed by atoms with Crippen LogP contribution in [-0.4, -0.2) is 16.2 Å². The summed E-state index contributed by atoms with van der Waals surface area (Å²) in [6.07, 6.45) is 1.98. The standard InChI is InChI=1S/C17H12N2O5/c20-9-13-8-15(19(21)22)6-7-16(13)23-10-14-11-24-17(18-14)12-4-2-1-3-5-12/h1-9,11H,10H2. The average molecular weight is 324 g/mol. The van der Waals surface area contributed by atoms with E-state index in [1.54, 1.807) is 0 Å². The lowest BCUT2D eigenvalue weighted by molar-refractivity contribution is -0.384. The number of carbonyl (C=O) groups excluding carboxylic acids is 1. The van der Waals surface area contributed by atoms with Gasteiger partial charge in [-0.2, -0.15) is 0 Å².